The summed E-state index contributed by atoms with van der Waals surface area (Å²) in [6.07, 6.45) is -4.61. The van der Waals surface area contributed by atoms with E-state index in [4.69, 9.17) is 5.11 Å². The first kappa shape index (κ1) is 18.5. The lowest BCUT2D eigenvalue weighted by Gasteiger charge is -2.27. The molecule has 1 heterocycles. The summed E-state index contributed by atoms with van der Waals surface area (Å²) < 4.78 is 38.4. The van der Waals surface area contributed by atoms with E-state index in [0.29, 0.717) is 31.5 Å². The lowest BCUT2D eigenvalue weighted by molar-refractivity contribution is -0.137. The standard InChI is InChI=1S/C17H20F3N3O3/c18-17(19,20)11-3-1-2-10(4-11)7-22-14(24)16-6-13(23-15(25)26)5-12(16)8-21-9-16/h1-4,12-13,21,23H,5-9H2,(H,22,24)(H,25,26)/t12-,13+,16-/m0/s1. The van der Waals surface area contributed by atoms with E-state index in [9.17, 15) is 22.8 Å². The quantitative estimate of drug-likeness (QED) is 0.651. The number of alkyl halides is 3. The summed E-state index contributed by atoms with van der Waals surface area (Å²) in [4.78, 5) is 23.6. The molecule has 3 rings (SSSR count). The van der Waals surface area contributed by atoms with Crippen LogP contribution < -0.4 is 16.0 Å². The number of hydrogen-bond donors (Lipinski definition) is 4. The largest absolute Gasteiger partial charge is 0.465 e. The highest BCUT2D eigenvalue weighted by Crippen LogP contribution is 2.46. The van der Waals surface area contributed by atoms with E-state index in [-0.39, 0.29) is 24.4 Å². The lowest BCUT2D eigenvalue weighted by Crippen LogP contribution is -2.45. The van der Waals surface area contributed by atoms with Crippen LogP contribution in [0.1, 0.15) is 24.0 Å². The van der Waals surface area contributed by atoms with Gasteiger partial charge in [-0.3, -0.25) is 4.79 Å². The summed E-state index contributed by atoms with van der Waals surface area (Å²) in [6, 6.07) is 4.55. The summed E-state index contributed by atoms with van der Waals surface area (Å²) in [7, 11) is 0. The number of fused-ring (bicyclic) bond motifs is 1. The Bertz CT molecular complexity index is 710. The first-order valence-electron chi connectivity index (χ1n) is 8.35. The van der Waals surface area contributed by atoms with Crippen molar-refractivity contribution in [3.63, 3.8) is 0 Å². The maximum Gasteiger partial charge on any atom is 0.416 e. The molecule has 142 valence electrons. The number of benzene rings is 1. The summed E-state index contributed by atoms with van der Waals surface area (Å²) >= 11 is 0. The van der Waals surface area contributed by atoms with Crippen molar-refractivity contribution in [3.8, 4) is 0 Å². The Balaban J connectivity index is 1.67. The van der Waals surface area contributed by atoms with Gasteiger partial charge in [0.15, 0.2) is 0 Å². The van der Waals surface area contributed by atoms with E-state index >= 15 is 0 Å². The lowest BCUT2D eigenvalue weighted by atomic mass is 9.79. The van der Waals surface area contributed by atoms with Gasteiger partial charge in [-0.1, -0.05) is 12.1 Å². The Morgan fingerprint density at radius 3 is 2.81 bits per heavy atom. The number of rotatable bonds is 4. The molecule has 1 saturated carbocycles. The van der Waals surface area contributed by atoms with Gasteiger partial charge in [0.1, 0.15) is 0 Å². The van der Waals surface area contributed by atoms with Gasteiger partial charge >= 0.3 is 12.3 Å². The zero-order chi connectivity index (χ0) is 18.9. The molecule has 1 saturated heterocycles. The average molecular weight is 371 g/mol. The Labute approximate surface area is 148 Å². The fraction of sp³-hybridized carbons (Fsp3) is 0.529. The van der Waals surface area contributed by atoms with E-state index in [2.05, 4.69) is 16.0 Å². The third kappa shape index (κ3) is 3.62. The number of carboxylic acid groups (broad SMARTS) is 1. The minimum absolute atomic E-state index is 0.000796. The molecule has 2 amide bonds. The number of hydrogen-bond acceptors (Lipinski definition) is 3. The van der Waals surface area contributed by atoms with E-state index < -0.39 is 23.2 Å². The van der Waals surface area contributed by atoms with Gasteiger partial charge < -0.3 is 21.1 Å². The molecular formula is C17H20F3N3O3. The number of carbonyl (C=O) groups excluding carboxylic acids is 1. The molecule has 0 spiro atoms. The molecule has 0 unspecified atom stereocenters. The monoisotopic (exact) mass is 371 g/mol. The zero-order valence-corrected chi connectivity index (χ0v) is 13.9. The Morgan fingerprint density at radius 1 is 1.35 bits per heavy atom. The first-order valence-corrected chi connectivity index (χ1v) is 8.35. The van der Waals surface area contributed by atoms with Crippen LogP contribution in [-0.4, -0.2) is 36.2 Å². The minimum Gasteiger partial charge on any atom is -0.465 e. The number of halogens is 3. The second kappa shape index (κ2) is 6.79. The minimum atomic E-state index is -4.43. The second-order valence-electron chi connectivity index (χ2n) is 6.95. The van der Waals surface area contributed by atoms with Crippen molar-refractivity contribution in [3.05, 3.63) is 35.4 Å². The molecule has 9 heteroatoms. The van der Waals surface area contributed by atoms with Gasteiger partial charge in [0, 0.05) is 19.1 Å². The van der Waals surface area contributed by atoms with Crippen molar-refractivity contribution < 1.29 is 27.9 Å². The molecule has 0 bridgehead atoms. The van der Waals surface area contributed by atoms with Crippen LogP contribution in [0.3, 0.4) is 0 Å². The average Bonchev–Trinajstić information content (AvgIpc) is 3.09. The smallest absolute Gasteiger partial charge is 0.416 e. The molecule has 1 aliphatic heterocycles. The van der Waals surface area contributed by atoms with Gasteiger partial charge in [-0.15, -0.1) is 0 Å². The van der Waals surface area contributed by atoms with Crippen LogP contribution in [0.5, 0.6) is 0 Å². The normalized spacial score (nSPS) is 27.8. The first-order chi connectivity index (χ1) is 12.2. The van der Waals surface area contributed by atoms with E-state index in [1.54, 1.807) is 0 Å². The van der Waals surface area contributed by atoms with E-state index in [1.807, 2.05) is 0 Å². The van der Waals surface area contributed by atoms with Gasteiger partial charge in [-0.2, -0.15) is 13.2 Å². The molecule has 3 atom stereocenters. The predicted octanol–water partition coefficient (Wildman–Crippen LogP) is 1.96. The topological polar surface area (TPSA) is 90.5 Å². The fourth-order valence-electron chi connectivity index (χ4n) is 4.08. The number of nitrogens with one attached hydrogen (secondary N) is 3. The fourth-order valence-corrected chi connectivity index (χ4v) is 4.08. The third-order valence-electron chi connectivity index (χ3n) is 5.28. The van der Waals surface area contributed by atoms with Gasteiger partial charge in [-0.05, 0) is 43.0 Å². The maximum absolute atomic E-state index is 12.8. The van der Waals surface area contributed by atoms with Gasteiger partial charge in [0.05, 0.1) is 11.0 Å². The number of carbonyl (C=O) groups is 2. The molecule has 1 aliphatic carbocycles. The highest BCUT2D eigenvalue weighted by Gasteiger charge is 2.55. The highest BCUT2D eigenvalue weighted by atomic mass is 19.4. The van der Waals surface area contributed by atoms with E-state index in [1.165, 1.54) is 12.1 Å². The van der Waals surface area contributed by atoms with Gasteiger partial charge in [0.25, 0.3) is 0 Å². The summed E-state index contributed by atoms with van der Waals surface area (Å²) in [5.74, 6) is -0.250. The predicted molar refractivity (Wildman–Crippen MR) is 86.3 cm³/mol. The molecule has 26 heavy (non-hydrogen) atoms. The molecular weight excluding hydrogens is 351 g/mol. The van der Waals surface area contributed by atoms with Crippen molar-refractivity contribution >= 4 is 12.0 Å². The van der Waals surface area contributed by atoms with Crippen molar-refractivity contribution in [2.24, 2.45) is 11.3 Å². The SMILES string of the molecule is O=C(O)N[C@@H]1C[C@H]2CNC[C@@]2(C(=O)NCc2cccc(C(F)(F)F)c2)C1. The summed E-state index contributed by atoms with van der Waals surface area (Å²) in [5, 5.41) is 17.2. The van der Waals surface area contributed by atoms with Crippen molar-refractivity contribution in [1.29, 1.82) is 0 Å². The van der Waals surface area contributed by atoms with Crippen LogP contribution in [-0.2, 0) is 17.5 Å². The molecule has 6 nitrogen and oxygen atoms in total. The molecule has 2 fully saturated rings. The molecule has 4 N–H and O–H groups in total. The van der Waals surface area contributed by atoms with Crippen LogP contribution in [0.15, 0.2) is 24.3 Å². The van der Waals surface area contributed by atoms with Crippen molar-refractivity contribution in [1.82, 2.24) is 16.0 Å². The van der Waals surface area contributed by atoms with Crippen molar-refractivity contribution in [2.75, 3.05) is 13.1 Å². The van der Waals surface area contributed by atoms with Crippen molar-refractivity contribution in [2.45, 2.75) is 31.6 Å². The Hall–Kier alpha value is -2.29. The second-order valence-corrected chi connectivity index (χ2v) is 6.95. The highest BCUT2D eigenvalue weighted by molar-refractivity contribution is 5.84. The number of amides is 2. The molecule has 1 aromatic carbocycles. The van der Waals surface area contributed by atoms with Crippen LogP contribution in [0.25, 0.3) is 0 Å². The molecule has 0 radical (unpaired) electrons. The van der Waals surface area contributed by atoms with Gasteiger partial charge in [0.2, 0.25) is 5.91 Å². The summed E-state index contributed by atoms with van der Waals surface area (Å²) in [5.41, 5.74) is -1.12. The summed E-state index contributed by atoms with van der Waals surface area (Å²) in [6.45, 7) is 1.05. The third-order valence-corrected chi connectivity index (χ3v) is 5.28. The molecule has 1 aromatic rings. The zero-order valence-electron chi connectivity index (χ0n) is 13.9. The van der Waals surface area contributed by atoms with Crippen LogP contribution in [0.4, 0.5) is 18.0 Å². The Kier molecular flexibility index (Phi) is 4.83. The van der Waals surface area contributed by atoms with Crippen LogP contribution in [0, 0.1) is 11.3 Å². The van der Waals surface area contributed by atoms with Crippen LogP contribution in [0.2, 0.25) is 0 Å². The van der Waals surface area contributed by atoms with Crippen LogP contribution >= 0.6 is 0 Å². The maximum atomic E-state index is 12.8. The van der Waals surface area contributed by atoms with E-state index in [0.717, 1.165) is 12.1 Å². The Morgan fingerprint density at radius 2 is 2.12 bits per heavy atom. The van der Waals surface area contributed by atoms with Gasteiger partial charge in [-0.25, -0.2) is 4.79 Å². The molecule has 2 aliphatic rings. The molecule has 0 aromatic heterocycles.